The molecule has 3 unspecified atom stereocenters. The van der Waals surface area contributed by atoms with E-state index >= 15 is 0 Å². The van der Waals surface area contributed by atoms with Crippen molar-refractivity contribution in [1.82, 2.24) is 10.2 Å². The minimum Gasteiger partial charge on any atom is -0.326 e. The second kappa shape index (κ2) is 6.05. The van der Waals surface area contributed by atoms with Crippen LogP contribution in [0.5, 0.6) is 0 Å². The summed E-state index contributed by atoms with van der Waals surface area (Å²) >= 11 is 0. The molecule has 0 aromatic carbocycles. The number of hydrogen-bond acceptors (Lipinski definition) is 2. The van der Waals surface area contributed by atoms with Crippen LogP contribution in [-0.4, -0.2) is 29.6 Å². The summed E-state index contributed by atoms with van der Waals surface area (Å²) in [4.78, 5) is 14.5. The van der Waals surface area contributed by atoms with Crippen molar-refractivity contribution in [3.63, 3.8) is 0 Å². The first-order valence-corrected chi connectivity index (χ1v) is 7.36. The Bertz CT molecular complexity index is 283. The molecule has 0 aromatic rings. The molecule has 18 heavy (non-hydrogen) atoms. The number of hydrogen-bond donors (Lipinski definition) is 1. The second-order valence-electron chi connectivity index (χ2n) is 6.80. The highest BCUT2D eigenvalue weighted by Gasteiger charge is 2.39. The Morgan fingerprint density at radius 3 is 2.39 bits per heavy atom. The first-order valence-electron chi connectivity index (χ1n) is 7.36. The predicted octanol–water partition coefficient (Wildman–Crippen LogP) is 3.01. The Labute approximate surface area is 112 Å². The fraction of sp³-hybridized carbons (Fsp3) is 0.933. The third-order valence-electron chi connectivity index (χ3n) is 4.00. The van der Waals surface area contributed by atoms with Crippen molar-refractivity contribution in [3.05, 3.63) is 0 Å². The highest BCUT2D eigenvalue weighted by atomic mass is 16.2. The third-order valence-corrected chi connectivity index (χ3v) is 4.00. The minimum absolute atomic E-state index is 0.0277. The summed E-state index contributed by atoms with van der Waals surface area (Å²) < 4.78 is 0. The van der Waals surface area contributed by atoms with Crippen LogP contribution in [0.3, 0.4) is 0 Å². The number of carbonyl (C=O) groups is 1. The van der Waals surface area contributed by atoms with Gasteiger partial charge in [-0.05, 0) is 24.2 Å². The van der Waals surface area contributed by atoms with Crippen molar-refractivity contribution < 1.29 is 4.79 Å². The van der Waals surface area contributed by atoms with Crippen LogP contribution in [0.2, 0.25) is 0 Å². The standard InChI is InChI=1S/C15H30N2O/c1-7-11(3)13-14(18)17(12(8-2)16-13)10-9-15(4,5)6/h11-13,16H,7-10H2,1-6H3. The van der Waals surface area contributed by atoms with E-state index in [0.29, 0.717) is 11.8 Å². The Hall–Kier alpha value is -0.570. The van der Waals surface area contributed by atoms with E-state index in [4.69, 9.17) is 0 Å². The second-order valence-corrected chi connectivity index (χ2v) is 6.80. The van der Waals surface area contributed by atoms with Crippen molar-refractivity contribution in [2.24, 2.45) is 11.3 Å². The maximum absolute atomic E-state index is 12.5. The molecular formula is C15H30N2O. The Morgan fingerprint density at radius 2 is 1.94 bits per heavy atom. The van der Waals surface area contributed by atoms with Crippen LogP contribution in [0, 0.1) is 11.3 Å². The first kappa shape index (κ1) is 15.5. The van der Waals surface area contributed by atoms with Gasteiger partial charge in [-0.1, -0.05) is 48.0 Å². The van der Waals surface area contributed by atoms with Crippen LogP contribution >= 0.6 is 0 Å². The summed E-state index contributed by atoms with van der Waals surface area (Å²) in [5, 5.41) is 3.50. The van der Waals surface area contributed by atoms with Crippen molar-refractivity contribution in [3.8, 4) is 0 Å². The summed E-state index contributed by atoms with van der Waals surface area (Å²) in [6, 6.07) is 0.0277. The lowest BCUT2D eigenvalue weighted by atomic mass is 9.92. The third kappa shape index (κ3) is 3.71. The summed E-state index contributed by atoms with van der Waals surface area (Å²) in [6.07, 6.45) is 3.33. The molecule has 3 atom stereocenters. The molecule has 0 bridgehead atoms. The van der Waals surface area contributed by atoms with E-state index in [1.54, 1.807) is 0 Å². The van der Waals surface area contributed by atoms with Gasteiger partial charge in [0, 0.05) is 6.54 Å². The molecule has 0 aliphatic carbocycles. The lowest BCUT2D eigenvalue weighted by Gasteiger charge is -2.27. The van der Waals surface area contributed by atoms with Gasteiger partial charge in [0.1, 0.15) is 0 Å². The minimum atomic E-state index is 0.0277. The van der Waals surface area contributed by atoms with E-state index in [-0.39, 0.29) is 17.6 Å². The number of rotatable bonds is 5. The number of amides is 1. The van der Waals surface area contributed by atoms with Crippen molar-refractivity contribution in [1.29, 1.82) is 0 Å². The van der Waals surface area contributed by atoms with Gasteiger partial charge in [-0.25, -0.2) is 0 Å². The average Bonchev–Trinajstić information content (AvgIpc) is 2.61. The van der Waals surface area contributed by atoms with Gasteiger partial charge in [0.15, 0.2) is 0 Å². The van der Waals surface area contributed by atoms with Gasteiger partial charge in [0.25, 0.3) is 0 Å². The lowest BCUT2D eigenvalue weighted by Crippen LogP contribution is -2.38. The number of carbonyl (C=O) groups excluding carboxylic acids is 1. The molecule has 1 aliphatic heterocycles. The molecule has 106 valence electrons. The molecule has 1 saturated heterocycles. The monoisotopic (exact) mass is 254 g/mol. The van der Waals surface area contributed by atoms with Crippen molar-refractivity contribution in [2.75, 3.05) is 6.54 Å². The Kier molecular flexibility index (Phi) is 5.20. The molecule has 0 aromatic heterocycles. The summed E-state index contributed by atoms with van der Waals surface area (Å²) in [5.74, 6) is 0.728. The molecular weight excluding hydrogens is 224 g/mol. The largest absolute Gasteiger partial charge is 0.326 e. The molecule has 1 fully saturated rings. The van der Waals surface area contributed by atoms with Gasteiger partial charge >= 0.3 is 0 Å². The van der Waals surface area contributed by atoms with Crippen LogP contribution < -0.4 is 5.32 Å². The van der Waals surface area contributed by atoms with Gasteiger partial charge < -0.3 is 4.90 Å². The van der Waals surface area contributed by atoms with Crippen LogP contribution in [0.4, 0.5) is 0 Å². The zero-order chi connectivity index (χ0) is 13.9. The molecule has 3 heteroatoms. The van der Waals surface area contributed by atoms with Crippen molar-refractivity contribution >= 4 is 5.91 Å². The summed E-state index contributed by atoms with van der Waals surface area (Å²) in [5.41, 5.74) is 0.285. The molecule has 1 amide bonds. The molecule has 1 aliphatic rings. The lowest BCUT2D eigenvalue weighted by molar-refractivity contribution is -0.131. The van der Waals surface area contributed by atoms with Gasteiger partial charge in [0.2, 0.25) is 5.91 Å². The Balaban J connectivity index is 2.68. The number of nitrogens with one attached hydrogen (secondary N) is 1. The van der Waals surface area contributed by atoms with E-state index < -0.39 is 0 Å². The van der Waals surface area contributed by atoms with Crippen LogP contribution in [-0.2, 0) is 4.79 Å². The molecule has 1 N–H and O–H groups in total. The molecule has 0 saturated carbocycles. The normalized spacial score (nSPS) is 26.8. The van der Waals surface area contributed by atoms with Gasteiger partial charge in [0.05, 0.1) is 12.2 Å². The quantitative estimate of drug-likeness (QED) is 0.818. The SMILES string of the molecule is CCC(C)C1NC(CC)N(CCC(C)(C)C)C1=O. The molecule has 1 heterocycles. The predicted molar refractivity (Wildman–Crippen MR) is 76.2 cm³/mol. The zero-order valence-corrected chi connectivity index (χ0v) is 12.9. The average molecular weight is 254 g/mol. The number of nitrogens with zero attached hydrogens (tertiary/aromatic N) is 1. The smallest absolute Gasteiger partial charge is 0.241 e. The molecule has 1 rings (SSSR count). The fourth-order valence-corrected chi connectivity index (χ4v) is 2.40. The van der Waals surface area contributed by atoms with Crippen LogP contribution in [0.15, 0.2) is 0 Å². The van der Waals surface area contributed by atoms with Crippen molar-refractivity contribution in [2.45, 2.75) is 73.0 Å². The van der Waals surface area contributed by atoms with E-state index in [2.05, 4.69) is 51.8 Å². The zero-order valence-electron chi connectivity index (χ0n) is 12.9. The van der Waals surface area contributed by atoms with E-state index in [0.717, 1.165) is 25.8 Å². The van der Waals surface area contributed by atoms with E-state index in [1.165, 1.54) is 0 Å². The fourth-order valence-electron chi connectivity index (χ4n) is 2.40. The molecule has 3 nitrogen and oxygen atoms in total. The maximum Gasteiger partial charge on any atom is 0.241 e. The molecule has 0 spiro atoms. The molecule has 0 radical (unpaired) electrons. The first-order chi connectivity index (χ1) is 8.30. The van der Waals surface area contributed by atoms with Gasteiger partial charge in [-0.15, -0.1) is 0 Å². The van der Waals surface area contributed by atoms with Gasteiger partial charge in [-0.3, -0.25) is 10.1 Å². The van der Waals surface area contributed by atoms with E-state index in [9.17, 15) is 4.79 Å². The van der Waals surface area contributed by atoms with E-state index in [1.807, 2.05) is 0 Å². The van der Waals surface area contributed by atoms with Crippen LogP contribution in [0.1, 0.15) is 60.8 Å². The Morgan fingerprint density at radius 1 is 1.33 bits per heavy atom. The highest BCUT2D eigenvalue weighted by Crippen LogP contribution is 2.24. The summed E-state index contributed by atoms with van der Waals surface area (Å²) in [7, 11) is 0. The van der Waals surface area contributed by atoms with Gasteiger partial charge in [-0.2, -0.15) is 0 Å². The maximum atomic E-state index is 12.5. The van der Waals surface area contributed by atoms with Crippen LogP contribution in [0.25, 0.3) is 0 Å². The topological polar surface area (TPSA) is 32.3 Å². The summed E-state index contributed by atoms with van der Waals surface area (Å²) in [6.45, 7) is 14.0. The highest BCUT2D eigenvalue weighted by molar-refractivity contribution is 5.84.